The number of hydrogen-bond donors (Lipinski definition) is 1. The summed E-state index contributed by atoms with van der Waals surface area (Å²) in [7, 11) is 1.46. The highest BCUT2D eigenvalue weighted by Crippen LogP contribution is 2.17. The average Bonchev–Trinajstić information content (AvgIpc) is 2.41. The highest BCUT2D eigenvalue weighted by atomic mass is 19.1. The van der Waals surface area contributed by atoms with E-state index in [0.717, 1.165) is 11.1 Å². The summed E-state index contributed by atoms with van der Waals surface area (Å²) < 4.78 is 18.4. The van der Waals surface area contributed by atoms with Crippen LogP contribution in [0.4, 0.5) is 4.39 Å². The van der Waals surface area contributed by atoms with Gasteiger partial charge in [0, 0.05) is 25.5 Å². The minimum absolute atomic E-state index is 0.270. The molecular weight excluding hydrogens is 243 g/mol. The summed E-state index contributed by atoms with van der Waals surface area (Å²) in [5.74, 6) is -0.0637. The molecule has 0 aliphatic carbocycles. The Hall–Kier alpha value is -1.94. The summed E-state index contributed by atoms with van der Waals surface area (Å²) in [6.07, 6.45) is 3.62. The van der Waals surface area contributed by atoms with E-state index in [4.69, 9.17) is 4.74 Å². The fourth-order valence-electron chi connectivity index (χ4n) is 1.84. The Morgan fingerprint density at radius 2 is 2.11 bits per heavy atom. The molecular formula is C15H17FN2O. The number of nitrogens with zero attached hydrogens (tertiary/aromatic N) is 1. The van der Waals surface area contributed by atoms with Crippen molar-refractivity contribution in [3.8, 4) is 5.75 Å². The third-order valence-electron chi connectivity index (χ3n) is 3.01. The van der Waals surface area contributed by atoms with Crippen LogP contribution < -0.4 is 10.1 Å². The maximum Gasteiger partial charge on any atom is 0.165 e. The van der Waals surface area contributed by atoms with E-state index in [1.807, 2.05) is 25.3 Å². The fraction of sp³-hybridized carbons (Fsp3) is 0.267. The number of pyridine rings is 1. The van der Waals surface area contributed by atoms with E-state index in [-0.39, 0.29) is 11.6 Å². The molecule has 0 unspecified atom stereocenters. The molecule has 4 heteroatoms. The fourth-order valence-corrected chi connectivity index (χ4v) is 1.84. The second-order valence-electron chi connectivity index (χ2n) is 4.37. The van der Waals surface area contributed by atoms with E-state index in [2.05, 4.69) is 10.3 Å². The van der Waals surface area contributed by atoms with E-state index in [0.29, 0.717) is 13.1 Å². The summed E-state index contributed by atoms with van der Waals surface area (Å²) in [5, 5.41) is 3.28. The number of benzene rings is 1. The van der Waals surface area contributed by atoms with Gasteiger partial charge in [0.25, 0.3) is 0 Å². The van der Waals surface area contributed by atoms with Gasteiger partial charge in [-0.1, -0.05) is 6.07 Å². The van der Waals surface area contributed by atoms with Gasteiger partial charge < -0.3 is 10.1 Å². The first-order valence-corrected chi connectivity index (χ1v) is 6.13. The van der Waals surface area contributed by atoms with Gasteiger partial charge in [-0.25, -0.2) is 4.39 Å². The van der Waals surface area contributed by atoms with Crippen LogP contribution in [-0.4, -0.2) is 12.1 Å². The zero-order valence-corrected chi connectivity index (χ0v) is 11.1. The van der Waals surface area contributed by atoms with E-state index in [1.165, 1.54) is 18.7 Å². The van der Waals surface area contributed by atoms with Gasteiger partial charge >= 0.3 is 0 Å². The van der Waals surface area contributed by atoms with Crippen molar-refractivity contribution in [2.75, 3.05) is 7.11 Å². The molecule has 3 nitrogen and oxygen atoms in total. The van der Waals surface area contributed by atoms with Crippen molar-refractivity contribution < 1.29 is 9.13 Å². The van der Waals surface area contributed by atoms with Gasteiger partial charge in [0.05, 0.1) is 7.11 Å². The van der Waals surface area contributed by atoms with Gasteiger partial charge in [0.1, 0.15) is 0 Å². The van der Waals surface area contributed by atoms with Crippen LogP contribution in [0.3, 0.4) is 0 Å². The maximum absolute atomic E-state index is 13.5. The smallest absolute Gasteiger partial charge is 0.165 e. The molecule has 0 bridgehead atoms. The highest BCUT2D eigenvalue weighted by Gasteiger charge is 2.03. The number of rotatable bonds is 5. The first-order valence-electron chi connectivity index (χ1n) is 6.13. The predicted octanol–water partition coefficient (Wildman–Crippen LogP) is 2.83. The largest absolute Gasteiger partial charge is 0.494 e. The van der Waals surface area contributed by atoms with Gasteiger partial charge in [0.15, 0.2) is 11.6 Å². The van der Waals surface area contributed by atoms with Crippen LogP contribution in [0.5, 0.6) is 5.75 Å². The molecule has 0 spiro atoms. The second kappa shape index (κ2) is 6.29. The van der Waals surface area contributed by atoms with Crippen molar-refractivity contribution in [3.63, 3.8) is 0 Å². The molecule has 0 fully saturated rings. The van der Waals surface area contributed by atoms with E-state index in [1.54, 1.807) is 12.3 Å². The van der Waals surface area contributed by atoms with Crippen LogP contribution >= 0.6 is 0 Å². The number of ether oxygens (including phenoxy) is 1. The van der Waals surface area contributed by atoms with Crippen LogP contribution in [0, 0.1) is 12.7 Å². The van der Waals surface area contributed by atoms with Gasteiger partial charge in [-0.15, -0.1) is 0 Å². The van der Waals surface area contributed by atoms with Crippen LogP contribution in [0.2, 0.25) is 0 Å². The lowest BCUT2D eigenvalue weighted by Gasteiger charge is -2.08. The topological polar surface area (TPSA) is 34.1 Å². The number of hydrogen-bond acceptors (Lipinski definition) is 3. The molecule has 2 aromatic rings. The molecule has 1 N–H and O–H groups in total. The molecule has 1 aromatic heterocycles. The van der Waals surface area contributed by atoms with Gasteiger partial charge in [-0.05, 0) is 41.8 Å². The SMILES string of the molecule is COc1ccc(CNCc2cnccc2C)cc1F. The molecule has 0 saturated carbocycles. The number of aryl methyl sites for hydroxylation is 1. The molecule has 0 aliphatic rings. The maximum atomic E-state index is 13.5. The molecule has 2 rings (SSSR count). The zero-order chi connectivity index (χ0) is 13.7. The molecule has 0 amide bonds. The summed E-state index contributed by atoms with van der Waals surface area (Å²) in [6, 6.07) is 6.96. The predicted molar refractivity (Wildman–Crippen MR) is 72.5 cm³/mol. The molecule has 0 radical (unpaired) electrons. The van der Waals surface area contributed by atoms with Crippen LogP contribution in [0.1, 0.15) is 16.7 Å². The number of halogens is 1. The molecule has 0 atom stereocenters. The van der Waals surface area contributed by atoms with Crippen LogP contribution in [0.15, 0.2) is 36.7 Å². The molecule has 19 heavy (non-hydrogen) atoms. The van der Waals surface area contributed by atoms with Gasteiger partial charge in [0.2, 0.25) is 0 Å². The second-order valence-corrected chi connectivity index (χ2v) is 4.37. The number of aromatic nitrogens is 1. The molecule has 1 aromatic carbocycles. The van der Waals surface area contributed by atoms with E-state index < -0.39 is 0 Å². The number of nitrogens with one attached hydrogen (secondary N) is 1. The van der Waals surface area contributed by atoms with Crippen molar-refractivity contribution >= 4 is 0 Å². The van der Waals surface area contributed by atoms with E-state index in [9.17, 15) is 4.39 Å². The lowest BCUT2D eigenvalue weighted by atomic mass is 10.1. The molecule has 1 heterocycles. The van der Waals surface area contributed by atoms with Crippen molar-refractivity contribution in [3.05, 3.63) is 59.2 Å². The highest BCUT2D eigenvalue weighted by molar-refractivity contribution is 5.29. The summed E-state index contributed by atoms with van der Waals surface area (Å²) in [5.41, 5.74) is 3.24. The Kier molecular flexibility index (Phi) is 4.47. The summed E-state index contributed by atoms with van der Waals surface area (Å²) >= 11 is 0. The van der Waals surface area contributed by atoms with Crippen molar-refractivity contribution in [2.45, 2.75) is 20.0 Å². The monoisotopic (exact) mass is 260 g/mol. The average molecular weight is 260 g/mol. The van der Waals surface area contributed by atoms with Gasteiger partial charge in [-0.3, -0.25) is 4.98 Å². The third-order valence-corrected chi connectivity index (χ3v) is 3.01. The van der Waals surface area contributed by atoms with E-state index >= 15 is 0 Å². The molecule has 0 aliphatic heterocycles. The summed E-state index contributed by atoms with van der Waals surface area (Å²) in [4.78, 5) is 4.09. The third kappa shape index (κ3) is 3.51. The molecule has 0 saturated heterocycles. The van der Waals surface area contributed by atoms with Crippen molar-refractivity contribution in [2.24, 2.45) is 0 Å². The van der Waals surface area contributed by atoms with Crippen LogP contribution in [-0.2, 0) is 13.1 Å². The Labute approximate surface area is 112 Å². The van der Waals surface area contributed by atoms with Gasteiger partial charge in [-0.2, -0.15) is 0 Å². The Bertz CT molecular complexity index is 558. The quantitative estimate of drug-likeness (QED) is 0.897. The minimum atomic E-state index is -0.334. The molecule has 100 valence electrons. The Morgan fingerprint density at radius 1 is 1.26 bits per heavy atom. The Balaban J connectivity index is 1.93. The Morgan fingerprint density at radius 3 is 2.79 bits per heavy atom. The number of methoxy groups -OCH3 is 1. The lowest BCUT2D eigenvalue weighted by molar-refractivity contribution is 0.386. The van der Waals surface area contributed by atoms with Crippen molar-refractivity contribution in [1.29, 1.82) is 0 Å². The zero-order valence-electron chi connectivity index (χ0n) is 11.1. The summed E-state index contributed by atoms with van der Waals surface area (Å²) in [6.45, 7) is 3.37. The first-order chi connectivity index (χ1) is 9.20. The minimum Gasteiger partial charge on any atom is -0.494 e. The lowest BCUT2D eigenvalue weighted by Crippen LogP contribution is -2.13. The van der Waals surface area contributed by atoms with Crippen LogP contribution in [0.25, 0.3) is 0 Å². The normalized spacial score (nSPS) is 10.5. The first kappa shape index (κ1) is 13.5. The standard InChI is InChI=1S/C15H17FN2O/c1-11-5-6-17-9-13(11)10-18-8-12-3-4-15(19-2)14(16)7-12/h3-7,9,18H,8,10H2,1-2H3. The van der Waals surface area contributed by atoms with Crippen molar-refractivity contribution in [1.82, 2.24) is 10.3 Å².